The third-order valence-corrected chi connectivity index (χ3v) is 5.98. The summed E-state index contributed by atoms with van der Waals surface area (Å²) in [6, 6.07) is 6.33. The molecule has 3 rings (SSSR count). The molecule has 0 bridgehead atoms. The molecule has 2 aliphatic rings. The van der Waals surface area contributed by atoms with E-state index in [1.165, 1.54) is 25.0 Å². The highest BCUT2D eigenvalue weighted by Crippen LogP contribution is 2.38. The van der Waals surface area contributed by atoms with Gasteiger partial charge >= 0.3 is 0 Å². The maximum absolute atomic E-state index is 13.4. The second-order valence-corrected chi connectivity index (χ2v) is 7.93. The number of benzene rings is 1. The molecule has 0 aromatic heterocycles. The van der Waals surface area contributed by atoms with E-state index in [-0.39, 0.29) is 17.4 Å². The van der Waals surface area contributed by atoms with Crippen LogP contribution in [-0.4, -0.2) is 29.9 Å². The minimum Gasteiger partial charge on any atom is -0.387 e. The van der Waals surface area contributed by atoms with Crippen molar-refractivity contribution in [1.29, 1.82) is 0 Å². The summed E-state index contributed by atoms with van der Waals surface area (Å²) < 4.78 is 18.9. The largest absolute Gasteiger partial charge is 0.387 e. The fourth-order valence-corrected chi connectivity index (χ4v) is 4.60. The second-order valence-electron chi connectivity index (χ2n) is 7.93. The molecule has 1 saturated heterocycles. The van der Waals surface area contributed by atoms with Gasteiger partial charge in [0.1, 0.15) is 5.82 Å². The average Bonchev–Trinajstić information content (AvgIpc) is 2.97. The summed E-state index contributed by atoms with van der Waals surface area (Å²) >= 11 is 0. The molecule has 1 aromatic rings. The van der Waals surface area contributed by atoms with E-state index in [0.29, 0.717) is 11.7 Å². The van der Waals surface area contributed by atoms with E-state index in [1.54, 1.807) is 12.1 Å². The van der Waals surface area contributed by atoms with Gasteiger partial charge in [0.05, 0.1) is 12.2 Å². The van der Waals surface area contributed by atoms with Crippen molar-refractivity contribution in [3.8, 4) is 0 Å². The Balaban J connectivity index is 1.56. The first-order valence-corrected chi connectivity index (χ1v) is 9.23. The lowest BCUT2D eigenvalue weighted by atomic mass is 9.78. The maximum atomic E-state index is 13.4. The summed E-state index contributed by atoms with van der Waals surface area (Å²) in [6.07, 6.45) is 7.71. The molecule has 134 valence electrons. The predicted molar refractivity (Wildman–Crippen MR) is 93.3 cm³/mol. The molecule has 1 aliphatic carbocycles. The Labute approximate surface area is 144 Å². The maximum Gasteiger partial charge on any atom is 0.123 e. The highest BCUT2D eigenvalue weighted by atomic mass is 19.1. The number of aliphatic hydroxyl groups is 1. The first-order valence-electron chi connectivity index (χ1n) is 9.23. The molecule has 0 radical (unpaired) electrons. The van der Waals surface area contributed by atoms with Crippen LogP contribution in [0.3, 0.4) is 0 Å². The summed E-state index contributed by atoms with van der Waals surface area (Å²) in [4.78, 5) is 0. The molecule has 1 heterocycles. The molecule has 1 aromatic carbocycles. The normalized spacial score (nSPS) is 35.1. The summed E-state index contributed by atoms with van der Waals surface area (Å²) in [5, 5.41) is 14.3. The van der Waals surface area contributed by atoms with Crippen molar-refractivity contribution in [2.75, 3.05) is 7.11 Å². The molecule has 24 heavy (non-hydrogen) atoms. The number of methoxy groups -OCH3 is 1. The number of ether oxygens (including phenoxy) is 1. The van der Waals surface area contributed by atoms with Crippen molar-refractivity contribution in [1.82, 2.24) is 5.32 Å². The Hall–Kier alpha value is -0.970. The zero-order valence-corrected chi connectivity index (χ0v) is 14.8. The quantitative estimate of drug-likeness (QED) is 0.856. The van der Waals surface area contributed by atoms with Crippen molar-refractivity contribution < 1.29 is 14.2 Å². The highest BCUT2D eigenvalue weighted by Gasteiger charge is 2.39. The van der Waals surface area contributed by atoms with Crippen LogP contribution in [0, 0.1) is 11.7 Å². The number of hydrogen-bond donors (Lipinski definition) is 2. The molecule has 0 amide bonds. The second kappa shape index (κ2) is 7.51. The molecule has 1 saturated carbocycles. The predicted octanol–water partition coefficient (Wildman–Crippen LogP) is 3.97. The lowest BCUT2D eigenvalue weighted by molar-refractivity contribution is 0.0504. The molecule has 4 heteroatoms. The lowest BCUT2D eigenvalue weighted by Crippen LogP contribution is -2.44. The molecule has 1 aliphatic heterocycles. The number of nitrogens with one attached hydrogen (secondary N) is 1. The van der Waals surface area contributed by atoms with Crippen LogP contribution in [0.2, 0.25) is 0 Å². The zero-order valence-electron chi connectivity index (χ0n) is 14.8. The zero-order chi connectivity index (χ0) is 17.2. The standard InChI is InChI=1S/C20H30FNO2/c1-20(13-14-6-8-17(24-2)9-7-14)11-10-18(22-20)19(23)15-4-3-5-16(21)12-15/h3-5,12,14,17-19,22-23H,6-11,13H2,1-2H3/t14?,17?,18-,19+,20+/m1/s1. The van der Waals surface area contributed by atoms with Crippen LogP contribution in [-0.2, 0) is 4.74 Å². The summed E-state index contributed by atoms with van der Waals surface area (Å²) in [6.45, 7) is 2.27. The first-order chi connectivity index (χ1) is 11.5. The van der Waals surface area contributed by atoms with Gasteiger partial charge in [0.15, 0.2) is 0 Å². The Morgan fingerprint density at radius 3 is 2.71 bits per heavy atom. The van der Waals surface area contributed by atoms with Crippen LogP contribution >= 0.6 is 0 Å². The van der Waals surface area contributed by atoms with Crippen molar-refractivity contribution in [3.63, 3.8) is 0 Å². The van der Waals surface area contributed by atoms with E-state index in [4.69, 9.17) is 4.74 Å². The molecular formula is C20H30FNO2. The summed E-state index contributed by atoms with van der Waals surface area (Å²) in [5.74, 6) is 0.446. The van der Waals surface area contributed by atoms with Crippen LogP contribution in [0.1, 0.15) is 63.5 Å². The van der Waals surface area contributed by atoms with E-state index >= 15 is 0 Å². The Morgan fingerprint density at radius 2 is 2.04 bits per heavy atom. The molecule has 2 fully saturated rings. The van der Waals surface area contributed by atoms with E-state index in [9.17, 15) is 9.50 Å². The molecule has 0 spiro atoms. The minimum absolute atomic E-state index is 0.00659. The fourth-order valence-electron chi connectivity index (χ4n) is 4.60. The van der Waals surface area contributed by atoms with Crippen LogP contribution in [0.5, 0.6) is 0 Å². The van der Waals surface area contributed by atoms with Gasteiger partial charge in [-0.25, -0.2) is 4.39 Å². The van der Waals surface area contributed by atoms with Crippen LogP contribution in [0.4, 0.5) is 4.39 Å². The van der Waals surface area contributed by atoms with E-state index in [2.05, 4.69) is 12.2 Å². The number of hydrogen-bond acceptors (Lipinski definition) is 3. The number of aliphatic hydroxyl groups excluding tert-OH is 1. The van der Waals surface area contributed by atoms with E-state index < -0.39 is 6.10 Å². The molecule has 3 nitrogen and oxygen atoms in total. The highest BCUT2D eigenvalue weighted by molar-refractivity contribution is 5.21. The smallest absolute Gasteiger partial charge is 0.123 e. The Kier molecular flexibility index (Phi) is 5.58. The van der Waals surface area contributed by atoms with Crippen molar-refractivity contribution in [2.24, 2.45) is 5.92 Å². The molecule has 2 N–H and O–H groups in total. The van der Waals surface area contributed by atoms with E-state index in [1.807, 2.05) is 7.11 Å². The fraction of sp³-hybridized carbons (Fsp3) is 0.700. The van der Waals surface area contributed by atoms with Gasteiger partial charge in [0.25, 0.3) is 0 Å². The lowest BCUT2D eigenvalue weighted by Gasteiger charge is -2.35. The third kappa shape index (κ3) is 4.16. The van der Waals surface area contributed by atoms with Gasteiger partial charge in [-0.1, -0.05) is 12.1 Å². The molecular weight excluding hydrogens is 305 g/mol. The van der Waals surface area contributed by atoms with Crippen molar-refractivity contribution in [3.05, 3.63) is 35.6 Å². The van der Waals surface area contributed by atoms with Gasteiger partial charge in [-0.15, -0.1) is 0 Å². The first kappa shape index (κ1) is 17.8. The monoisotopic (exact) mass is 335 g/mol. The van der Waals surface area contributed by atoms with Gasteiger partial charge in [-0.3, -0.25) is 0 Å². The van der Waals surface area contributed by atoms with Gasteiger partial charge in [0, 0.05) is 18.7 Å². The Bertz CT molecular complexity index is 544. The van der Waals surface area contributed by atoms with Gasteiger partial charge in [-0.2, -0.15) is 0 Å². The van der Waals surface area contributed by atoms with Crippen molar-refractivity contribution >= 4 is 0 Å². The topological polar surface area (TPSA) is 41.5 Å². The Morgan fingerprint density at radius 1 is 1.29 bits per heavy atom. The third-order valence-electron chi connectivity index (χ3n) is 5.98. The summed E-state index contributed by atoms with van der Waals surface area (Å²) in [7, 11) is 1.81. The van der Waals surface area contributed by atoms with Gasteiger partial charge < -0.3 is 15.2 Å². The van der Waals surface area contributed by atoms with Crippen LogP contribution in [0.25, 0.3) is 0 Å². The van der Waals surface area contributed by atoms with Gasteiger partial charge in [-0.05, 0) is 75.5 Å². The average molecular weight is 335 g/mol. The van der Waals surface area contributed by atoms with Crippen LogP contribution in [0.15, 0.2) is 24.3 Å². The SMILES string of the molecule is COC1CCC(C[C@]2(C)CC[C@H]([C@@H](O)c3cccc(F)c3)N2)CC1. The number of halogens is 1. The molecule has 3 atom stereocenters. The van der Waals surface area contributed by atoms with Gasteiger partial charge in [0.2, 0.25) is 0 Å². The summed E-state index contributed by atoms with van der Waals surface area (Å²) in [5.41, 5.74) is 0.737. The van der Waals surface area contributed by atoms with Crippen molar-refractivity contribution in [2.45, 2.75) is 75.7 Å². The minimum atomic E-state index is -0.647. The molecule has 0 unspecified atom stereocenters. The van der Waals surface area contributed by atoms with E-state index in [0.717, 1.165) is 38.0 Å². The number of rotatable bonds is 5. The van der Waals surface area contributed by atoms with Crippen LogP contribution < -0.4 is 5.32 Å².